The van der Waals surface area contributed by atoms with Gasteiger partial charge in [0.05, 0.1) is 12.3 Å². The largest absolute Gasteiger partial charge is 0.279 e. The summed E-state index contributed by atoms with van der Waals surface area (Å²) in [5, 5.41) is 10.3. The Balaban J connectivity index is 1.30. The van der Waals surface area contributed by atoms with Gasteiger partial charge in [0, 0.05) is 11.1 Å². The summed E-state index contributed by atoms with van der Waals surface area (Å²) in [7, 11) is 0. The van der Waals surface area contributed by atoms with E-state index < -0.39 is 0 Å². The van der Waals surface area contributed by atoms with Crippen LogP contribution in [0.2, 0.25) is 0 Å². The first-order chi connectivity index (χ1) is 20.3. The van der Waals surface area contributed by atoms with Gasteiger partial charge in [0.25, 0.3) is 0 Å². The van der Waals surface area contributed by atoms with Gasteiger partial charge in [0.1, 0.15) is 0 Å². The van der Waals surface area contributed by atoms with Crippen LogP contribution < -0.4 is 0 Å². The van der Waals surface area contributed by atoms with Crippen LogP contribution in [-0.2, 0) is 6.54 Å². The molecule has 0 saturated carbocycles. The lowest BCUT2D eigenvalue weighted by Gasteiger charge is -2.16. The Morgan fingerprint density at radius 2 is 1.00 bits per heavy atom. The zero-order chi connectivity index (χ0) is 27.2. The maximum Gasteiger partial charge on any atom is 0.0723 e. The zero-order valence-electron chi connectivity index (χ0n) is 22.6. The Labute approximate surface area is 239 Å². The van der Waals surface area contributed by atoms with E-state index in [-0.39, 0.29) is 0 Å². The van der Waals surface area contributed by atoms with E-state index in [1.165, 1.54) is 59.8 Å². The summed E-state index contributed by atoms with van der Waals surface area (Å²) in [5.41, 5.74) is 7.06. The van der Waals surface area contributed by atoms with Crippen LogP contribution in [-0.4, -0.2) is 5.71 Å². The molecule has 0 spiro atoms. The zero-order valence-corrected chi connectivity index (χ0v) is 22.6. The highest BCUT2D eigenvalue weighted by atomic mass is 14.7. The fraction of sp³-hybridized carbons (Fsp3) is 0.0250. The molecular weight excluding hydrogens is 494 g/mol. The SMILES string of the molecule is c1ccc(C(=NCc2ccc3ccc4c(-c5ccc6ccccc6c5)ccc5ccc2c3c54)c2ccccc2)cc1. The van der Waals surface area contributed by atoms with Crippen molar-refractivity contribution in [2.24, 2.45) is 4.99 Å². The van der Waals surface area contributed by atoms with Crippen molar-refractivity contribution in [3.8, 4) is 11.1 Å². The van der Waals surface area contributed by atoms with Gasteiger partial charge in [-0.1, -0.05) is 146 Å². The Bertz CT molecular complexity index is 2170. The maximum absolute atomic E-state index is 5.23. The van der Waals surface area contributed by atoms with E-state index in [1.807, 2.05) is 0 Å². The molecule has 8 aromatic rings. The van der Waals surface area contributed by atoms with E-state index in [2.05, 4.69) is 152 Å². The number of rotatable bonds is 5. The first kappa shape index (κ1) is 23.6. The Kier molecular flexibility index (Phi) is 5.60. The molecule has 0 radical (unpaired) electrons. The molecule has 0 atom stereocenters. The molecule has 1 heteroatoms. The molecular formula is C40H27N. The standard InChI is InChI=1S/C40H27N/c1-3-10-30(11-4-1)40(31-12-5-2-6-13-31)41-26-34-18-16-28-21-24-37-35(22-19-29-20-23-36(34)38(28)39(29)37)33-17-15-27-9-7-8-14-32(27)25-33/h1-25H,26H2. The molecule has 0 aliphatic heterocycles. The second kappa shape index (κ2) is 9.73. The molecule has 41 heavy (non-hydrogen) atoms. The minimum absolute atomic E-state index is 0.616. The van der Waals surface area contributed by atoms with Crippen LogP contribution in [0.3, 0.4) is 0 Å². The highest BCUT2D eigenvalue weighted by Gasteiger charge is 2.15. The van der Waals surface area contributed by atoms with Crippen LogP contribution in [0.1, 0.15) is 16.7 Å². The molecule has 0 heterocycles. The van der Waals surface area contributed by atoms with Gasteiger partial charge in [0.15, 0.2) is 0 Å². The molecule has 0 amide bonds. The molecule has 192 valence electrons. The summed E-state index contributed by atoms with van der Waals surface area (Å²) in [4.78, 5) is 5.23. The van der Waals surface area contributed by atoms with E-state index in [0.717, 1.165) is 16.8 Å². The Hall–Kier alpha value is -5.27. The molecule has 0 N–H and O–H groups in total. The average Bonchev–Trinajstić information content (AvgIpc) is 3.05. The second-order valence-electron chi connectivity index (χ2n) is 10.7. The first-order valence-corrected chi connectivity index (χ1v) is 14.2. The third kappa shape index (κ3) is 4.06. The Morgan fingerprint density at radius 1 is 0.439 bits per heavy atom. The summed E-state index contributed by atoms with van der Waals surface area (Å²) in [6.07, 6.45) is 0. The molecule has 8 rings (SSSR count). The van der Waals surface area contributed by atoms with Crippen molar-refractivity contribution in [2.45, 2.75) is 6.54 Å². The quantitative estimate of drug-likeness (QED) is 0.158. The number of aliphatic imine (C=N–C) groups is 1. The van der Waals surface area contributed by atoms with Crippen LogP contribution in [0.4, 0.5) is 0 Å². The van der Waals surface area contributed by atoms with Crippen LogP contribution in [0, 0.1) is 0 Å². The van der Waals surface area contributed by atoms with E-state index in [0.29, 0.717) is 6.54 Å². The first-order valence-electron chi connectivity index (χ1n) is 14.2. The monoisotopic (exact) mass is 521 g/mol. The fourth-order valence-electron chi connectivity index (χ4n) is 6.31. The molecule has 0 unspecified atom stereocenters. The summed E-state index contributed by atoms with van der Waals surface area (Å²) >= 11 is 0. The molecule has 0 saturated heterocycles. The van der Waals surface area contributed by atoms with Crippen molar-refractivity contribution in [2.75, 3.05) is 0 Å². The predicted octanol–water partition coefficient (Wildman–Crippen LogP) is 10.4. The van der Waals surface area contributed by atoms with Gasteiger partial charge >= 0.3 is 0 Å². The second-order valence-corrected chi connectivity index (χ2v) is 10.7. The number of hydrogen-bond acceptors (Lipinski definition) is 1. The smallest absolute Gasteiger partial charge is 0.0723 e. The lowest BCUT2D eigenvalue weighted by atomic mass is 9.88. The van der Waals surface area contributed by atoms with Gasteiger partial charge in [-0.2, -0.15) is 0 Å². The normalized spacial score (nSPS) is 11.5. The topological polar surface area (TPSA) is 12.4 Å². The van der Waals surface area contributed by atoms with Gasteiger partial charge in [-0.15, -0.1) is 0 Å². The van der Waals surface area contributed by atoms with Gasteiger partial charge < -0.3 is 0 Å². The lowest BCUT2D eigenvalue weighted by Crippen LogP contribution is -2.04. The van der Waals surface area contributed by atoms with Gasteiger partial charge in [-0.3, -0.25) is 4.99 Å². The lowest BCUT2D eigenvalue weighted by molar-refractivity contribution is 1.08. The molecule has 0 aliphatic carbocycles. The summed E-state index contributed by atoms with van der Waals surface area (Å²) in [6, 6.07) is 54.6. The van der Waals surface area contributed by atoms with E-state index >= 15 is 0 Å². The van der Waals surface area contributed by atoms with Crippen LogP contribution in [0.5, 0.6) is 0 Å². The molecule has 0 aromatic heterocycles. The van der Waals surface area contributed by atoms with Crippen molar-refractivity contribution in [1.29, 1.82) is 0 Å². The van der Waals surface area contributed by atoms with E-state index in [1.54, 1.807) is 0 Å². The number of hydrogen-bond donors (Lipinski definition) is 0. The van der Waals surface area contributed by atoms with Crippen molar-refractivity contribution in [1.82, 2.24) is 0 Å². The Morgan fingerprint density at radius 3 is 1.73 bits per heavy atom. The van der Waals surface area contributed by atoms with Crippen molar-refractivity contribution >= 4 is 48.8 Å². The molecule has 8 aromatic carbocycles. The third-order valence-electron chi connectivity index (χ3n) is 8.32. The number of benzene rings is 8. The molecule has 0 bridgehead atoms. The third-order valence-corrected chi connectivity index (χ3v) is 8.32. The van der Waals surface area contributed by atoms with Crippen molar-refractivity contribution < 1.29 is 0 Å². The van der Waals surface area contributed by atoms with E-state index in [9.17, 15) is 0 Å². The minimum atomic E-state index is 0.616. The van der Waals surface area contributed by atoms with Gasteiger partial charge in [0.2, 0.25) is 0 Å². The van der Waals surface area contributed by atoms with Gasteiger partial charge in [-0.25, -0.2) is 0 Å². The highest BCUT2D eigenvalue weighted by Crippen LogP contribution is 2.40. The predicted molar refractivity (Wildman–Crippen MR) is 175 cm³/mol. The van der Waals surface area contributed by atoms with Gasteiger partial charge in [-0.05, 0) is 65.8 Å². The molecule has 0 aliphatic rings. The van der Waals surface area contributed by atoms with Crippen molar-refractivity contribution in [3.05, 3.63) is 168 Å². The minimum Gasteiger partial charge on any atom is -0.279 e. The molecule has 1 nitrogen and oxygen atoms in total. The van der Waals surface area contributed by atoms with Crippen LogP contribution in [0.25, 0.3) is 54.2 Å². The maximum atomic E-state index is 5.23. The van der Waals surface area contributed by atoms with Crippen LogP contribution in [0.15, 0.2) is 157 Å². The highest BCUT2D eigenvalue weighted by molar-refractivity contribution is 6.26. The van der Waals surface area contributed by atoms with Crippen LogP contribution >= 0.6 is 0 Å². The fourth-order valence-corrected chi connectivity index (χ4v) is 6.31. The molecule has 0 fully saturated rings. The van der Waals surface area contributed by atoms with Crippen molar-refractivity contribution in [3.63, 3.8) is 0 Å². The van der Waals surface area contributed by atoms with E-state index in [4.69, 9.17) is 4.99 Å². The summed E-state index contributed by atoms with van der Waals surface area (Å²) in [6.45, 7) is 0.616. The summed E-state index contributed by atoms with van der Waals surface area (Å²) in [5.74, 6) is 0. The number of nitrogens with zero attached hydrogens (tertiary/aromatic N) is 1. The number of fused-ring (bicyclic) bond motifs is 1. The summed E-state index contributed by atoms with van der Waals surface area (Å²) < 4.78 is 0. The average molecular weight is 522 g/mol.